The van der Waals surface area contributed by atoms with E-state index in [2.05, 4.69) is 20.6 Å². The summed E-state index contributed by atoms with van der Waals surface area (Å²) in [5.41, 5.74) is 7.52. The molecule has 2 aromatic rings. The lowest BCUT2D eigenvalue weighted by Gasteiger charge is -2.45. The van der Waals surface area contributed by atoms with Gasteiger partial charge in [0.15, 0.2) is 5.82 Å². The van der Waals surface area contributed by atoms with E-state index in [1.54, 1.807) is 23.0 Å². The summed E-state index contributed by atoms with van der Waals surface area (Å²) in [5.74, 6) is 1.93. The third-order valence-electron chi connectivity index (χ3n) is 6.06. The first kappa shape index (κ1) is 18.9. The zero-order valence-corrected chi connectivity index (χ0v) is 16.5. The fourth-order valence-corrected chi connectivity index (χ4v) is 4.77. The van der Waals surface area contributed by atoms with Gasteiger partial charge in [-0.3, -0.25) is 4.79 Å². The van der Waals surface area contributed by atoms with Crippen LogP contribution < -0.4 is 15.8 Å². The summed E-state index contributed by atoms with van der Waals surface area (Å²) in [4.78, 5) is 13.0. The highest BCUT2D eigenvalue weighted by Gasteiger charge is 2.40. The van der Waals surface area contributed by atoms with E-state index < -0.39 is 0 Å². The molecule has 2 saturated carbocycles. The Morgan fingerprint density at radius 2 is 2.04 bits per heavy atom. The van der Waals surface area contributed by atoms with Crippen molar-refractivity contribution >= 4 is 5.91 Å². The molecule has 8 nitrogen and oxygen atoms in total. The van der Waals surface area contributed by atoms with Crippen LogP contribution in [0.3, 0.4) is 0 Å². The second-order valence-electron chi connectivity index (χ2n) is 7.90. The van der Waals surface area contributed by atoms with Crippen molar-refractivity contribution in [3.8, 4) is 11.7 Å². The molecule has 150 valence electrons. The first-order valence-electron chi connectivity index (χ1n) is 10.1. The van der Waals surface area contributed by atoms with Crippen molar-refractivity contribution in [2.75, 3.05) is 6.61 Å². The van der Waals surface area contributed by atoms with E-state index >= 15 is 0 Å². The maximum Gasteiger partial charge on any atom is 0.254 e. The SMILES string of the molecule is CCOc1ccc(-n2ncc(C(=O)NC3C4CCCC3CC(N)C4)c2C)nn1. The summed E-state index contributed by atoms with van der Waals surface area (Å²) in [6, 6.07) is 4.02. The molecule has 2 heterocycles. The van der Waals surface area contributed by atoms with Crippen LogP contribution in [0.2, 0.25) is 0 Å². The van der Waals surface area contributed by atoms with Crippen molar-refractivity contribution in [2.45, 2.75) is 58.0 Å². The molecule has 0 aromatic carbocycles. The molecule has 3 N–H and O–H groups in total. The molecule has 2 unspecified atom stereocenters. The van der Waals surface area contributed by atoms with Gasteiger partial charge in [-0.1, -0.05) is 6.42 Å². The quantitative estimate of drug-likeness (QED) is 0.816. The number of ether oxygens (including phenoxy) is 1. The Morgan fingerprint density at radius 3 is 2.68 bits per heavy atom. The number of aromatic nitrogens is 4. The summed E-state index contributed by atoms with van der Waals surface area (Å²) in [6.45, 7) is 4.30. The fourth-order valence-electron chi connectivity index (χ4n) is 4.77. The van der Waals surface area contributed by atoms with E-state index in [9.17, 15) is 4.79 Å². The Bertz CT molecular complexity index is 820. The molecule has 1 amide bonds. The maximum atomic E-state index is 13.0. The molecule has 0 saturated heterocycles. The van der Waals surface area contributed by atoms with Gasteiger partial charge in [0, 0.05) is 18.2 Å². The van der Waals surface area contributed by atoms with Gasteiger partial charge in [-0.2, -0.15) is 5.10 Å². The number of nitrogens with zero attached hydrogens (tertiary/aromatic N) is 4. The van der Waals surface area contributed by atoms with Gasteiger partial charge in [-0.15, -0.1) is 10.2 Å². The van der Waals surface area contributed by atoms with Gasteiger partial charge in [0.1, 0.15) is 0 Å². The number of fused-ring (bicyclic) bond motifs is 2. The van der Waals surface area contributed by atoms with E-state index in [0.717, 1.165) is 31.4 Å². The highest BCUT2D eigenvalue weighted by atomic mass is 16.5. The summed E-state index contributed by atoms with van der Waals surface area (Å²) < 4.78 is 6.96. The number of amides is 1. The lowest BCUT2D eigenvalue weighted by atomic mass is 9.67. The molecule has 2 aliphatic carbocycles. The molecule has 0 radical (unpaired) electrons. The smallest absolute Gasteiger partial charge is 0.254 e. The molecule has 2 fully saturated rings. The number of hydrogen-bond donors (Lipinski definition) is 2. The van der Waals surface area contributed by atoms with E-state index in [1.165, 1.54) is 6.42 Å². The van der Waals surface area contributed by atoms with Gasteiger partial charge in [0.2, 0.25) is 5.88 Å². The van der Waals surface area contributed by atoms with Crippen LogP contribution in [0.25, 0.3) is 5.82 Å². The standard InChI is InChI=1S/C20H28N6O2/c1-3-28-18-8-7-17(24-25-18)26-12(2)16(11-22-26)20(27)23-19-13-5-4-6-14(19)10-15(21)9-13/h7-8,11,13-15,19H,3-6,9-10,21H2,1-2H3,(H,23,27). The lowest BCUT2D eigenvalue weighted by Crippen LogP contribution is -2.53. The van der Waals surface area contributed by atoms with E-state index in [1.807, 2.05) is 13.8 Å². The van der Waals surface area contributed by atoms with E-state index in [-0.39, 0.29) is 18.0 Å². The molecule has 4 rings (SSSR count). The topological polar surface area (TPSA) is 108 Å². The Kier molecular flexibility index (Phi) is 5.30. The Hall–Kier alpha value is -2.48. The van der Waals surface area contributed by atoms with E-state index in [0.29, 0.717) is 35.7 Å². The Labute approximate surface area is 164 Å². The second-order valence-corrected chi connectivity index (χ2v) is 7.90. The van der Waals surface area contributed by atoms with Crippen molar-refractivity contribution < 1.29 is 9.53 Å². The van der Waals surface area contributed by atoms with Crippen LogP contribution in [0.4, 0.5) is 0 Å². The summed E-state index contributed by atoms with van der Waals surface area (Å²) in [7, 11) is 0. The number of carbonyl (C=O) groups is 1. The van der Waals surface area contributed by atoms with E-state index in [4.69, 9.17) is 10.5 Å². The first-order chi connectivity index (χ1) is 13.6. The summed E-state index contributed by atoms with van der Waals surface area (Å²) in [6.07, 6.45) is 7.14. The largest absolute Gasteiger partial charge is 0.477 e. The number of carbonyl (C=O) groups excluding carboxylic acids is 1. The van der Waals surface area contributed by atoms with Crippen molar-refractivity contribution in [3.05, 3.63) is 29.6 Å². The number of rotatable bonds is 5. The van der Waals surface area contributed by atoms with Crippen LogP contribution in [0.1, 0.15) is 55.1 Å². The van der Waals surface area contributed by atoms with Crippen molar-refractivity contribution in [3.63, 3.8) is 0 Å². The minimum Gasteiger partial charge on any atom is -0.477 e. The number of hydrogen-bond acceptors (Lipinski definition) is 6. The van der Waals surface area contributed by atoms with Crippen molar-refractivity contribution in [1.29, 1.82) is 0 Å². The van der Waals surface area contributed by atoms with Crippen LogP contribution in [0, 0.1) is 18.8 Å². The minimum absolute atomic E-state index is 0.0694. The monoisotopic (exact) mass is 384 g/mol. The van der Waals surface area contributed by atoms with Gasteiger partial charge >= 0.3 is 0 Å². The zero-order chi connectivity index (χ0) is 19.7. The normalized spacial score (nSPS) is 26.7. The summed E-state index contributed by atoms with van der Waals surface area (Å²) in [5, 5.41) is 15.8. The molecular weight excluding hydrogens is 356 g/mol. The molecule has 2 bridgehead atoms. The minimum atomic E-state index is -0.0694. The van der Waals surface area contributed by atoms with Gasteiger partial charge in [-0.25, -0.2) is 4.68 Å². The van der Waals surface area contributed by atoms with Gasteiger partial charge in [0.05, 0.1) is 24.1 Å². The molecule has 28 heavy (non-hydrogen) atoms. The van der Waals surface area contributed by atoms with Crippen LogP contribution in [0.15, 0.2) is 18.3 Å². The molecule has 2 atom stereocenters. The third-order valence-corrected chi connectivity index (χ3v) is 6.06. The van der Waals surface area contributed by atoms with Crippen molar-refractivity contribution in [2.24, 2.45) is 17.6 Å². The Morgan fingerprint density at radius 1 is 1.29 bits per heavy atom. The molecule has 8 heteroatoms. The molecular formula is C20H28N6O2. The molecule has 2 aromatic heterocycles. The molecule has 0 spiro atoms. The van der Waals surface area contributed by atoms with Gasteiger partial charge in [-0.05, 0) is 57.4 Å². The lowest BCUT2D eigenvalue weighted by molar-refractivity contribution is 0.0755. The average molecular weight is 384 g/mol. The predicted molar refractivity (Wildman–Crippen MR) is 104 cm³/mol. The number of nitrogens with two attached hydrogens (primary N) is 1. The first-order valence-corrected chi connectivity index (χ1v) is 10.1. The molecule has 2 aliphatic rings. The second kappa shape index (κ2) is 7.87. The predicted octanol–water partition coefficient (Wildman–Crippen LogP) is 2.01. The van der Waals surface area contributed by atoms with Gasteiger partial charge in [0.25, 0.3) is 5.91 Å². The fraction of sp³-hybridized carbons (Fsp3) is 0.600. The highest BCUT2D eigenvalue weighted by Crippen LogP contribution is 2.39. The van der Waals surface area contributed by atoms with Crippen LogP contribution >= 0.6 is 0 Å². The van der Waals surface area contributed by atoms with Crippen LogP contribution in [-0.4, -0.2) is 44.6 Å². The third kappa shape index (κ3) is 3.61. The highest BCUT2D eigenvalue weighted by molar-refractivity contribution is 5.95. The zero-order valence-electron chi connectivity index (χ0n) is 16.5. The Balaban J connectivity index is 1.50. The average Bonchev–Trinajstić information content (AvgIpc) is 3.05. The maximum absolute atomic E-state index is 13.0. The molecule has 0 aliphatic heterocycles. The van der Waals surface area contributed by atoms with Crippen molar-refractivity contribution in [1.82, 2.24) is 25.3 Å². The summed E-state index contributed by atoms with van der Waals surface area (Å²) >= 11 is 0. The van der Waals surface area contributed by atoms with Crippen LogP contribution in [0.5, 0.6) is 5.88 Å². The number of nitrogens with one attached hydrogen (secondary N) is 1. The van der Waals surface area contributed by atoms with Crippen LogP contribution in [-0.2, 0) is 0 Å². The van der Waals surface area contributed by atoms with Gasteiger partial charge < -0.3 is 15.8 Å².